The quantitative estimate of drug-likeness (QED) is 0.723. The molecule has 0 saturated heterocycles. The van der Waals surface area contributed by atoms with Crippen LogP contribution in [0, 0.1) is 0 Å². The topological polar surface area (TPSA) is 89.8 Å². The molecule has 0 aliphatic rings. The van der Waals surface area contributed by atoms with Crippen molar-refractivity contribution >= 4 is 16.9 Å². The highest BCUT2D eigenvalue weighted by atomic mass is 16.3. The Hall–Kier alpha value is -2.50. The van der Waals surface area contributed by atoms with Crippen molar-refractivity contribution in [3.8, 4) is 0 Å². The van der Waals surface area contributed by atoms with Crippen LogP contribution in [0.4, 0.5) is 5.82 Å². The van der Waals surface area contributed by atoms with Gasteiger partial charge in [0, 0.05) is 13.0 Å². The van der Waals surface area contributed by atoms with Crippen LogP contribution in [0.3, 0.4) is 0 Å². The summed E-state index contributed by atoms with van der Waals surface area (Å²) in [6.45, 7) is 0.528. The van der Waals surface area contributed by atoms with Crippen LogP contribution in [-0.4, -0.2) is 14.5 Å². The van der Waals surface area contributed by atoms with Crippen LogP contribution in [0.1, 0.15) is 5.76 Å². The van der Waals surface area contributed by atoms with Gasteiger partial charge in [-0.25, -0.2) is 4.98 Å². The lowest BCUT2D eigenvalue weighted by Gasteiger charge is -2.03. The normalized spacial score (nSPS) is 11.1. The zero-order valence-corrected chi connectivity index (χ0v) is 9.59. The largest absolute Gasteiger partial charge is 0.469 e. The molecule has 18 heavy (non-hydrogen) atoms. The van der Waals surface area contributed by atoms with E-state index in [4.69, 9.17) is 10.2 Å². The molecule has 3 heterocycles. The minimum absolute atomic E-state index is 0.0977. The summed E-state index contributed by atoms with van der Waals surface area (Å²) in [7, 11) is 0. The average Bonchev–Trinajstić information content (AvgIpc) is 2.97. The molecule has 0 radical (unpaired) electrons. The number of aromatic nitrogens is 3. The summed E-state index contributed by atoms with van der Waals surface area (Å²) in [5.74, 6) is 1.29. The number of aromatic amines is 1. The smallest absolute Gasteiger partial charge is 0.262 e. The summed E-state index contributed by atoms with van der Waals surface area (Å²) < 4.78 is 6.78. The molecule has 0 spiro atoms. The Bertz CT molecular complexity index is 724. The molecule has 3 aromatic rings. The molecule has 0 unspecified atom stereocenters. The highest BCUT2D eigenvalue weighted by Gasteiger charge is 2.07. The van der Waals surface area contributed by atoms with Gasteiger partial charge in [-0.05, 0) is 18.2 Å². The van der Waals surface area contributed by atoms with Crippen molar-refractivity contribution in [3.63, 3.8) is 0 Å². The second-order valence-corrected chi connectivity index (χ2v) is 4.06. The van der Waals surface area contributed by atoms with Gasteiger partial charge in [0.05, 0.1) is 18.0 Å². The van der Waals surface area contributed by atoms with Crippen LogP contribution in [-0.2, 0) is 13.0 Å². The third-order valence-corrected chi connectivity index (χ3v) is 2.81. The number of furan rings is 1. The summed E-state index contributed by atoms with van der Waals surface area (Å²) >= 11 is 0. The first-order valence-corrected chi connectivity index (χ1v) is 5.60. The molecular weight excluding hydrogens is 232 g/mol. The van der Waals surface area contributed by atoms with Gasteiger partial charge in [-0.3, -0.25) is 9.36 Å². The number of nitrogens with two attached hydrogens (primary N) is 1. The van der Waals surface area contributed by atoms with Crippen molar-refractivity contribution in [2.75, 3.05) is 5.73 Å². The van der Waals surface area contributed by atoms with E-state index >= 15 is 0 Å². The summed E-state index contributed by atoms with van der Waals surface area (Å²) in [6, 6.07) is 5.31. The van der Waals surface area contributed by atoms with E-state index in [-0.39, 0.29) is 5.56 Å². The third kappa shape index (κ3) is 1.77. The highest BCUT2D eigenvalue weighted by Crippen LogP contribution is 2.09. The summed E-state index contributed by atoms with van der Waals surface area (Å²) in [5, 5.41) is 0.509. The fraction of sp³-hybridized carbons (Fsp3) is 0.167. The maximum absolute atomic E-state index is 12.1. The fourth-order valence-electron chi connectivity index (χ4n) is 1.91. The number of fused-ring (bicyclic) bond motifs is 1. The van der Waals surface area contributed by atoms with E-state index in [0.717, 1.165) is 5.76 Å². The van der Waals surface area contributed by atoms with Gasteiger partial charge >= 0.3 is 0 Å². The number of hydrogen-bond acceptors (Lipinski definition) is 4. The molecule has 0 bridgehead atoms. The van der Waals surface area contributed by atoms with E-state index < -0.39 is 0 Å². The monoisotopic (exact) mass is 244 g/mol. The molecule has 92 valence electrons. The van der Waals surface area contributed by atoms with Crippen molar-refractivity contribution in [2.45, 2.75) is 13.0 Å². The summed E-state index contributed by atoms with van der Waals surface area (Å²) in [6.07, 6.45) is 3.79. The number of aryl methyl sites for hydroxylation is 2. The third-order valence-electron chi connectivity index (χ3n) is 2.81. The Morgan fingerprint density at radius 3 is 3.17 bits per heavy atom. The number of nitrogens with one attached hydrogen (secondary N) is 1. The van der Waals surface area contributed by atoms with Gasteiger partial charge in [-0.2, -0.15) is 0 Å². The lowest BCUT2D eigenvalue weighted by atomic mass is 10.3. The first kappa shape index (κ1) is 10.6. The minimum atomic E-state index is -0.0977. The van der Waals surface area contributed by atoms with E-state index in [0.29, 0.717) is 29.8 Å². The highest BCUT2D eigenvalue weighted by molar-refractivity contribution is 5.78. The first-order valence-electron chi connectivity index (χ1n) is 5.60. The van der Waals surface area contributed by atoms with Crippen LogP contribution >= 0.6 is 0 Å². The van der Waals surface area contributed by atoms with Crippen LogP contribution in [0.25, 0.3) is 11.0 Å². The molecule has 0 atom stereocenters. The number of nitrogens with zero attached hydrogens (tertiary/aromatic N) is 2. The van der Waals surface area contributed by atoms with Gasteiger partial charge < -0.3 is 15.1 Å². The summed E-state index contributed by atoms with van der Waals surface area (Å²) in [5.41, 5.74) is 6.02. The van der Waals surface area contributed by atoms with Crippen molar-refractivity contribution in [1.82, 2.24) is 14.5 Å². The SMILES string of the molecule is Nc1cc2c(=O)n(CCc3ccco3)cnc2[nH]1. The Morgan fingerprint density at radius 2 is 2.39 bits per heavy atom. The van der Waals surface area contributed by atoms with Gasteiger partial charge in [0.1, 0.15) is 17.2 Å². The second kappa shape index (κ2) is 4.06. The molecule has 6 nitrogen and oxygen atoms in total. The Labute approximate surface area is 102 Å². The first-order chi connectivity index (χ1) is 8.74. The Kier molecular flexibility index (Phi) is 2.40. The van der Waals surface area contributed by atoms with Crippen molar-refractivity contribution in [3.05, 3.63) is 46.9 Å². The molecule has 0 saturated carbocycles. The van der Waals surface area contributed by atoms with Gasteiger partial charge in [-0.15, -0.1) is 0 Å². The zero-order valence-electron chi connectivity index (χ0n) is 9.59. The number of anilines is 1. The predicted molar refractivity (Wildman–Crippen MR) is 67.2 cm³/mol. The molecule has 0 aromatic carbocycles. The Balaban J connectivity index is 1.92. The maximum atomic E-state index is 12.1. The van der Waals surface area contributed by atoms with E-state index in [1.807, 2.05) is 12.1 Å². The van der Waals surface area contributed by atoms with E-state index in [2.05, 4.69) is 9.97 Å². The second-order valence-electron chi connectivity index (χ2n) is 4.06. The maximum Gasteiger partial charge on any atom is 0.262 e. The average molecular weight is 244 g/mol. The minimum Gasteiger partial charge on any atom is -0.469 e. The van der Waals surface area contributed by atoms with Crippen molar-refractivity contribution in [2.24, 2.45) is 0 Å². The van der Waals surface area contributed by atoms with Gasteiger partial charge in [-0.1, -0.05) is 0 Å². The molecule has 3 rings (SSSR count). The summed E-state index contributed by atoms with van der Waals surface area (Å²) in [4.78, 5) is 19.1. The van der Waals surface area contributed by atoms with E-state index in [1.54, 1.807) is 16.9 Å². The van der Waals surface area contributed by atoms with Crippen LogP contribution in [0.15, 0.2) is 40.0 Å². The van der Waals surface area contributed by atoms with E-state index in [9.17, 15) is 4.79 Å². The number of rotatable bonds is 3. The standard InChI is InChI=1S/C12H12N4O2/c13-10-6-9-11(15-10)14-7-16(12(9)17)4-3-8-2-1-5-18-8/h1-2,5-7,15H,3-4,13H2. The molecule has 3 N–H and O–H groups in total. The fourth-order valence-corrected chi connectivity index (χ4v) is 1.91. The molecule has 3 aromatic heterocycles. The molecule has 0 amide bonds. The zero-order chi connectivity index (χ0) is 12.5. The molecular formula is C12H12N4O2. The number of hydrogen-bond donors (Lipinski definition) is 2. The van der Waals surface area contributed by atoms with Crippen molar-refractivity contribution in [1.29, 1.82) is 0 Å². The molecule has 6 heteroatoms. The Morgan fingerprint density at radius 1 is 1.50 bits per heavy atom. The van der Waals surface area contributed by atoms with Crippen LogP contribution in [0.2, 0.25) is 0 Å². The van der Waals surface area contributed by atoms with Gasteiger partial charge in [0.15, 0.2) is 0 Å². The molecule has 0 aliphatic heterocycles. The van der Waals surface area contributed by atoms with Gasteiger partial charge in [0.2, 0.25) is 0 Å². The van der Waals surface area contributed by atoms with E-state index in [1.165, 1.54) is 6.33 Å². The molecule has 0 aliphatic carbocycles. The van der Waals surface area contributed by atoms with Crippen molar-refractivity contribution < 1.29 is 4.42 Å². The van der Waals surface area contributed by atoms with Crippen LogP contribution in [0.5, 0.6) is 0 Å². The number of nitrogen functional groups attached to an aromatic ring is 1. The number of H-pyrrole nitrogens is 1. The lowest BCUT2D eigenvalue weighted by molar-refractivity contribution is 0.488. The van der Waals surface area contributed by atoms with Gasteiger partial charge in [0.25, 0.3) is 5.56 Å². The molecule has 0 fully saturated rings. The van der Waals surface area contributed by atoms with Crippen LogP contribution < -0.4 is 11.3 Å². The lowest BCUT2D eigenvalue weighted by Crippen LogP contribution is -2.21. The predicted octanol–water partition coefficient (Wildman–Crippen LogP) is 1.14.